The molecule has 0 radical (unpaired) electrons. The lowest BCUT2D eigenvalue weighted by Gasteiger charge is -2.24. The van der Waals surface area contributed by atoms with Gasteiger partial charge in [-0.2, -0.15) is 0 Å². The van der Waals surface area contributed by atoms with Crippen LogP contribution in [0.5, 0.6) is 5.75 Å². The molecule has 0 aliphatic heterocycles. The lowest BCUT2D eigenvalue weighted by molar-refractivity contribution is 0.0208. The Bertz CT molecular complexity index is 1480. The average Bonchev–Trinajstić information content (AvgIpc) is 2.84. The SMILES string of the molecule is CC(C)(C)c1ccc2c(-c3c(N)cc(Br)c4ccccc34)c(O)c(C(=O)OC3CCCCC3)cc2c1. The smallest absolute Gasteiger partial charge is 0.342 e. The summed E-state index contributed by atoms with van der Waals surface area (Å²) in [5.74, 6) is -0.574. The number of carbonyl (C=O) groups excluding carboxylic acids is 1. The van der Waals surface area contributed by atoms with E-state index in [1.807, 2.05) is 36.4 Å². The highest BCUT2D eigenvalue weighted by Crippen LogP contribution is 2.47. The van der Waals surface area contributed by atoms with E-state index in [0.29, 0.717) is 16.8 Å². The molecule has 0 atom stereocenters. The molecule has 0 spiro atoms. The number of hydrogen-bond acceptors (Lipinski definition) is 4. The molecular formula is C31H32BrNO3. The molecule has 36 heavy (non-hydrogen) atoms. The molecule has 186 valence electrons. The number of halogens is 1. The summed E-state index contributed by atoms with van der Waals surface area (Å²) in [6.07, 6.45) is 4.91. The molecule has 0 saturated heterocycles. The van der Waals surface area contributed by atoms with E-state index < -0.39 is 5.97 Å². The van der Waals surface area contributed by atoms with Crippen LogP contribution in [0.4, 0.5) is 5.69 Å². The molecular weight excluding hydrogens is 514 g/mol. The van der Waals surface area contributed by atoms with Gasteiger partial charge in [-0.25, -0.2) is 4.79 Å². The molecule has 1 saturated carbocycles. The number of nitrogens with two attached hydrogens (primary N) is 1. The van der Waals surface area contributed by atoms with Crippen molar-refractivity contribution < 1.29 is 14.6 Å². The second-order valence-corrected chi connectivity index (χ2v) is 11.7. The molecule has 0 aromatic heterocycles. The molecule has 4 aromatic carbocycles. The highest BCUT2D eigenvalue weighted by molar-refractivity contribution is 9.10. The van der Waals surface area contributed by atoms with Gasteiger partial charge in [-0.05, 0) is 70.3 Å². The maximum Gasteiger partial charge on any atom is 0.342 e. The number of esters is 1. The second-order valence-electron chi connectivity index (χ2n) is 10.9. The number of rotatable bonds is 3. The van der Waals surface area contributed by atoms with Crippen LogP contribution in [0.2, 0.25) is 0 Å². The van der Waals surface area contributed by atoms with E-state index in [1.54, 1.807) is 6.07 Å². The second kappa shape index (κ2) is 9.44. The Morgan fingerprint density at radius 1 is 0.944 bits per heavy atom. The van der Waals surface area contributed by atoms with Crippen LogP contribution in [-0.2, 0) is 10.2 Å². The van der Waals surface area contributed by atoms with Gasteiger partial charge in [-0.15, -0.1) is 0 Å². The number of aromatic hydroxyl groups is 1. The molecule has 0 heterocycles. The molecule has 1 aliphatic rings. The first-order chi connectivity index (χ1) is 17.1. The van der Waals surface area contributed by atoms with E-state index in [-0.39, 0.29) is 22.8 Å². The normalized spacial score (nSPS) is 14.9. The van der Waals surface area contributed by atoms with Gasteiger partial charge in [0.1, 0.15) is 17.4 Å². The van der Waals surface area contributed by atoms with Crippen LogP contribution in [0.25, 0.3) is 32.7 Å². The molecule has 4 aromatic rings. The van der Waals surface area contributed by atoms with Crippen LogP contribution in [-0.4, -0.2) is 17.2 Å². The summed E-state index contributed by atoms with van der Waals surface area (Å²) in [4.78, 5) is 13.4. The summed E-state index contributed by atoms with van der Waals surface area (Å²) in [5.41, 5.74) is 9.65. The number of anilines is 1. The van der Waals surface area contributed by atoms with Gasteiger partial charge in [0.25, 0.3) is 0 Å². The van der Waals surface area contributed by atoms with Crippen LogP contribution in [0.1, 0.15) is 68.8 Å². The van der Waals surface area contributed by atoms with E-state index in [1.165, 1.54) is 6.42 Å². The van der Waals surface area contributed by atoms with Gasteiger partial charge in [0.05, 0.1) is 0 Å². The average molecular weight is 547 g/mol. The molecule has 0 amide bonds. The van der Waals surface area contributed by atoms with Crippen LogP contribution in [0, 0.1) is 0 Å². The highest BCUT2D eigenvalue weighted by atomic mass is 79.9. The first-order valence-corrected chi connectivity index (χ1v) is 13.4. The minimum Gasteiger partial charge on any atom is -0.506 e. The number of phenols is 1. The van der Waals surface area contributed by atoms with Crippen molar-refractivity contribution in [2.75, 3.05) is 5.73 Å². The van der Waals surface area contributed by atoms with Crippen molar-refractivity contribution >= 4 is 49.1 Å². The quantitative estimate of drug-likeness (QED) is 0.200. The highest BCUT2D eigenvalue weighted by Gasteiger charge is 2.27. The minimum absolute atomic E-state index is 0.0711. The first kappa shape index (κ1) is 24.6. The standard InChI is InChI=1S/C31H32BrNO3/c1-31(2,3)19-13-14-21-18(15-19)16-24(30(35)36-20-9-5-4-6-10-20)29(34)28(21)27-23-12-8-7-11-22(23)25(32)17-26(27)33/h7-8,11-17,20,34H,4-6,9-10,33H2,1-3H3. The topological polar surface area (TPSA) is 72.5 Å². The number of fused-ring (bicyclic) bond motifs is 2. The number of ether oxygens (including phenoxy) is 1. The summed E-state index contributed by atoms with van der Waals surface area (Å²) in [5, 5.41) is 15.3. The van der Waals surface area contributed by atoms with Crippen molar-refractivity contribution in [1.82, 2.24) is 0 Å². The maximum atomic E-state index is 13.4. The van der Waals surface area contributed by atoms with Crippen molar-refractivity contribution in [3.8, 4) is 16.9 Å². The third kappa shape index (κ3) is 4.45. The third-order valence-corrected chi connectivity index (χ3v) is 7.96. The van der Waals surface area contributed by atoms with Crippen molar-refractivity contribution in [2.24, 2.45) is 0 Å². The van der Waals surface area contributed by atoms with Gasteiger partial charge >= 0.3 is 5.97 Å². The van der Waals surface area contributed by atoms with Gasteiger partial charge in [0, 0.05) is 21.3 Å². The number of hydrogen-bond donors (Lipinski definition) is 2. The Morgan fingerprint density at radius 3 is 2.33 bits per heavy atom. The van der Waals surface area contributed by atoms with E-state index in [0.717, 1.165) is 57.3 Å². The van der Waals surface area contributed by atoms with Gasteiger partial charge in [0.2, 0.25) is 0 Å². The molecule has 0 bridgehead atoms. The Hall–Kier alpha value is -3.05. The van der Waals surface area contributed by atoms with Crippen LogP contribution in [0.15, 0.2) is 59.1 Å². The lowest BCUT2D eigenvalue weighted by atomic mass is 9.83. The van der Waals surface area contributed by atoms with E-state index in [4.69, 9.17) is 10.5 Å². The van der Waals surface area contributed by atoms with Gasteiger partial charge in [-0.1, -0.05) is 85.6 Å². The molecule has 0 unspecified atom stereocenters. The van der Waals surface area contributed by atoms with Gasteiger partial charge < -0.3 is 15.6 Å². The molecule has 5 heteroatoms. The predicted molar refractivity (Wildman–Crippen MR) is 152 cm³/mol. The summed E-state index contributed by atoms with van der Waals surface area (Å²) in [7, 11) is 0. The van der Waals surface area contributed by atoms with Crippen LogP contribution >= 0.6 is 15.9 Å². The van der Waals surface area contributed by atoms with Crippen molar-refractivity contribution in [3.63, 3.8) is 0 Å². The van der Waals surface area contributed by atoms with Gasteiger partial charge in [-0.3, -0.25) is 0 Å². The number of nitrogen functional groups attached to an aromatic ring is 1. The zero-order valence-electron chi connectivity index (χ0n) is 21.0. The molecule has 5 rings (SSSR count). The fourth-order valence-corrected chi connectivity index (χ4v) is 5.89. The van der Waals surface area contributed by atoms with E-state index in [9.17, 15) is 9.90 Å². The summed E-state index contributed by atoms with van der Waals surface area (Å²) >= 11 is 3.63. The third-order valence-electron chi connectivity index (χ3n) is 7.30. The largest absolute Gasteiger partial charge is 0.506 e. The Balaban J connectivity index is 1.79. The lowest BCUT2D eigenvalue weighted by Crippen LogP contribution is -2.21. The maximum absolute atomic E-state index is 13.4. The van der Waals surface area contributed by atoms with E-state index >= 15 is 0 Å². The molecule has 1 fully saturated rings. The number of carbonyl (C=O) groups is 1. The van der Waals surface area contributed by atoms with Crippen LogP contribution < -0.4 is 5.73 Å². The summed E-state index contributed by atoms with van der Waals surface area (Å²) < 4.78 is 6.78. The van der Waals surface area contributed by atoms with Crippen LogP contribution in [0.3, 0.4) is 0 Å². The van der Waals surface area contributed by atoms with Crippen molar-refractivity contribution in [3.05, 3.63) is 70.2 Å². The molecule has 4 nitrogen and oxygen atoms in total. The van der Waals surface area contributed by atoms with Crippen molar-refractivity contribution in [1.29, 1.82) is 0 Å². The molecule has 3 N–H and O–H groups in total. The van der Waals surface area contributed by atoms with E-state index in [2.05, 4.69) is 48.8 Å². The zero-order valence-corrected chi connectivity index (χ0v) is 22.6. The summed E-state index contributed by atoms with van der Waals surface area (Å²) in [6.45, 7) is 6.48. The zero-order chi connectivity index (χ0) is 25.6. The monoisotopic (exact) mass is 545 g/mol. The Morgan fingerprint density at radius 2 is 1.64 bits per heavy atom. The minimum atomic E-state index is -0.483. The fraction of sp³-hybridized carbons (Fsp3) is 0.323. The Labute approximate surface area is 220 Å². The Kier molecular flexibility index (Phi) is 6.46. The fourth-order valence-electron chi connectivity index (χ4n) is 5.30. The number of benzene rings is 4. The molecule has 1 aliphatic carbocycles. The summed E-state index contributed by atoms with van der Waals surface area (Å²) in [6, 6.07) is 17.8. The first-order valence-electron chi connectivity index (χ1n) is 12.6. The van der Waals surface area contributed by atoms with Gasteiger partial charge in [0.15, 0.2) is 0 Å². The number of phenolic OH excluding ortho intramolecular Hbond substituents is 1. The van der Waals surface area contributed by atoms with Crippen molar-refractivity contribution in [2.45, 2.75) is 64.4 Å². The predicted octanol–water partition coefficient (Wildman–Crippen LogP) is 8.50.